The Kier molecular flexibility index (Phi) is 5.68. The number of hydrogen-bond donors (Lipinski definition) is 2. The van der Waals surface area contributed by atoms with Crippen LogP contribution in [0.15, 0.2) is 23.0 Å². The van der Waals surface area contributed by atoms with E-state index in [2.05, 4.69) is 34.0 Å². The van der Waals surface area contributed by atoms with E-state index >= 15 is 0 Å². The van der Waals surface area contributed by atoms with Crippen LogP contribution < -0.4 is 10.9 Å². The Morgan fingerprint density at radius 3 is 2.96 bits per heavy atom. The van der Waals surface area contributed by atoms with Crippen LogP contribution in [0, 0.1) is 5.92 Å². The molecule has 2 unspecified atom stereocenters. The van der Waals surface area contributed by atoms with Crippen LogP contribution in [0.5, 0.6) is 0 Å². The molecule has 0 radical (unpaired) electrons. The Morgan fingerprint density at radius 1 is 1.38 bits per heavy atom. The van der Waals surface area contributed by atoms with Gasteiger partial charge in [0.15, 0.2) is 0 Å². The largest absolute Gasteiger partial charge is 0.465 e. The van der Waals surface area contributed by atoms with Crippen molar-refractivity contribution in [3.05, 3.63) is 39.9 Å². The quantitative estimate of drug-likeness (QED) is 0.809. The number of benzene rings is 1. The maximum Gasteiger partial charge on any atom is 0.338 e. The minimum absolute atomic E-state index is 0.239. The molecule has 3 rings (SSSR count). The Morgan fingerprint density at radius 2 is 2.19 bits per heavy atom. The maximum absolute atomic E-state index is 12.6. The molecule has 2 N–H and O–H groups in total. The molecule has 1 fully saturated rings. The number of H-pyrrole nitrogens is 1. The number of nitrogens with one attached hydrogen (secondary N) is 2. The van der Waals surface area contributed by atoms with Gasteiger partial charge in [0.1, 0.15) is 5.82 Å². The summed E-state index contributed by atoms with van der Waals surface area (Å²) in [6.45, 7) is 7.90. The second kappa shape index (κ2) is 7.97. The van der Waals surface area contributed by atoms with Crippen LogP contribution in [-0.4, -0.2) is 53.6 Å². The van der Waals surface area contributed by atoms with E-state index in [-0.39, 0.29) is 16.5 Å². The van der Waals surface area contributed by atoms with E-state index in [9.17, 15) is 9.59 Å². The molecular weight excluding hydrogens is 332 g/mol. The number of aromatic nitrogens is 2. The Bertz CT molecular complexity index is 848. The first-order valence-electron chi connectivity index (χ1n) is 9.04. The summed E-state index contributed by atoms with van der Waals surface area (Å²) in [7, 11) is 1.30. The van der Waals surface area contributed by atoms with E-state index in [0.717, 1.165) is 26.1 Å². The summed E-state index contributed by atoms with van der Waals surface area (Å²) in [5.74, 6) is 0.691. The van der Waals surface area contributed by atoms with Crippen molar-refractivity contribution in [1.82, 2.24) is 20.2 Å². The predicted octanol–water partition coefficient (Wildman–Crippen LogP) is 1.53. The lowest BCUT2D eigenvalue weighted by Gasteiger charge is -2.33. The number of carbonyl (C=O) groups is 1. The van der Waals surface area contributed by atoms with Gasteiger partial charge in [-0.25, -0.2) is 9.78 Å². The smallest absolute Gasteiger partial charge is 0.338 e. The molecule has 0 saturated carbocycles. The average Bonchev–Trinajstić information content (AvgIpc) is 2.61. The fourth-order valence-corrected chi connectivity index (χ4v) is 3.63. The lowest BCUT2D eigenvalue weighted by Crippen LogP contribution is -2.43. The third-order valence-electron chi connectivity index (χ3n) is 4.98. The number of hydrogen-bond acceptors (Lipinski definition) is 6. The van der Waals surface area contributed by atoms with Gasteiger partial charge in [-0.05, 0) is 37.9 Å². The fraction of sp³-hybridized carbons (Fsp3) is 0.526. The van der Waals surface area contributed by atoms with Crippen molar-refractivity contribution in [1.29, 1.82) is 0 Å². The summed E-state index contributed by atoms with van der Waals surface area (Å²) in [5, 5.41) is 3.73. The zero-order valence-electron chi connectivity index (χ0n) is 15.5. The topological polar surface area (TPSA) is 87.3 Å². The summed E-state index contributed by atoms with van der Waals surface area (Å²) in [6.07, 6.45) is 1.09. The second-order valence-corrected chi connectivity index (χ2v) is 7.07. The monoisotopic (exact) mass is 358 g/mol. The Balaban J connectivity index is 1.91. The number of nitrogens with zero attached hydrogens (tertiary/aromatic N) is 2. The molecule has 7 nitrogen and oxygen atoms in total. The van der Waals surface area contributed by atoms with Crippen molar-refractivity contribution in [2.24, 2.45) is 5.92 Å². The highest BCUT2D eigenvalue weighted by atomic mass is 16.5. The number of aromatic amines is 1. The summed E-state index contributed by atoms with van der Waals surface area (Å²) >= 11 is 0. The molecule has 2 heterocycles. The van der Waals surface area contributed by atoms with Crippen LogP contribution in [0.2, 0.25) is 0 Å². The highest BCUT2D eigenvalue weighted by Gasteiger charge is 2.21. The molecule has 1 aliphatic heterocycles. The Hall–Kier alpha value is -2.25. The standard InChI is InChI=1S/C19H26N4O3/c1-12-9-13(2)23(8-7-20-10-12)11-16-21-15-6-4-5-14(19(25)26-3)17(15)18(24)22-16/h4-6,12-13,20H,7-11H2,1-3H3,(H,21,22,24). The minimum atomic E-state index is -0.534. The van der Waals surface area contributed by atoms with Crippen molar-refractivity contribution in [3.8, 4) is 0 Å². The normalized spacial score (nSPS) is 22.0. The van der Waals surface area contributed by atoms with Gasteiger partial charge in [-0.2, -0.15) is 0 Å². The number of carbonyl (C=O) groups excluding carboxylic acids is 1. The van der Waals surface area contributed by atoms with Gasteiger partial charge in [0.05, 0.1) is 30.1 Å². The van der Waals surface area contributed by atoms with Gasteiger partial charge in [0.25, 0.3) is 5.56 Å². The fourth-order valence-electron chi connectivity index (χ4n) is 3.63. The van der Waals surface area contributed by atoms with Gasteiger partial charge < -0.3 is 15.0 Å². The van der Waals surface area contributed by atoms with Crippen LogP contribution >= 0.6 is 0 Å². The van der Waals surface area contributed by atoms with Crippen molar-refractivity contribution in [3.63, 3.8) is 0 Å². The average molecular weight is 358 g/mol. The molecule has 2 aromatic rings. The first-order valence-corrected chi connectivity index (χ1v) is 9.04. The lowest BCUT2D eigenvalue weighted by atomic mass is 10.0. The molecule has 0 spiro atoms. The van der Waals surface area contributed by atoms with Gasteiger partial charge in [-0.3, -0.25) is 9.69 Å². The van der Waals surface area contributed by atoms with E-state index in [4.69, 9.17) is 4.74 Å². The van der Waals surface area contributed by atoms with Crippen LogP contribution in [0.1, 0.15) is 36.5 Å². The van der Waals surface area contributed by atoms with Gasteiger partial charge in [-0.1, -0.05) is 13.0 Å². The first kappa shape index (κ1) is 18.5. The van der Waals surface area contributed by atoms with Crippen molar-refractivity contribution in [2.45, 2.75) is 32.9 Å². The molecular formula is C19H26N4O3. The van der Waals surface area contributed by atoms with Crippen LogP contribution in [-0.2, 0) is 11.3 Å². The van der Waals surface area contributed by atoms with E-state index in [0.29, 0.717) is 29.8 Å². The van der Waals surface area contributed by atoms with Gasteiger partial charge >= 0.3 is 5.97 Å². The van der Waals surface area contributed by atoms with Crippen molar-refractivity contribution < 1.29 is 9.53 Å². The molecule has 2 atom stereocenters. The Labute approximate surface area is 152 Å². The first-order chi connectivity index (χ1) is 12.5. The van der Waals surface area contributed by atoms with E-state index in [1.165, 1.54) is 7.11 Å². The molecule has 1 aromatic carbocycles. The van der Waals surface area contributed by atoms with Gasteiger partial charge in [0, 0.05) is 19.1 Å². The highest BCUT2D eigenvalue weighted by molar-refractivity contribution is 6.02. The predicted molar refractivity (Wildman–Crippen MR) is 100 cm³/mol. The van der Waals surface area contributed by atoms with Gasteiger partial charge in [-0.15, -0.1) is 0 Å². The van der Waals surface area contributed by atoms with E-state index < -0.39 is 5.97 Å². The van der Waals surface area contributed by atoms with Gasteiger partial charge in [0.2, 0.25) is 0 Å². The molecule has 0 amide bonds. The molecule has 1 aliphatic rings. The van der Waals surface area contributed by atoms with Crippen LogP contribution in [0.25, 0.3) is 10.9 Å². The van der Waals surface area contributed by atoms with E-state index in [1.54, 1.807) is 18.2 Å². The molecule has 1 saturated heterocycles. The van der Waals surface area contributed by atoms with E-state index in [1.807, 2.05) is 0 Å². The minimum Gasteiger partial charge on any atom is -0.465 e. The molecule has 0 bridgehead atoms. The number of methoxy groups -OCH3 is 1. The van der Waals surface area contributed by atoms with Crippen molar-refractivity contribution in [2.75, 3.05) is 26.7 Å². The molecule has 140 valence electrons. The number of esters is 1. The lowest BCUT2D eigenvalue weighted by molar-refractivity contribution is 0.0603. The maximum atomic E-state index is 12.6. The molecule has 0 aliphatic carbocycles. The zero-order valence-corrected chi connectivity index (χ0v) is 15.5. The third kappa shape index (κ3) is 3.94. The highest BCUT2D eigenvalue weighted by Crippen LogP contribution is 2.17. The number of rotatable bonds is 3. The zero-order chi connectivity index (χ0) is 18.7. The molecule has 1 aromatic heterocycles. The summed E-state index contributed by atoms with van der Waals surface area (Å²) in [6, 6.07) is 5.46. The number of fused-ring (bicyclic) bond motifs is 1. The van der Waals surface area contributed by atoms with Crippen molar-refractivity contribution >= 4 is 16.9 Å². The molecule has 26 heavy (non-hydrogen) atoms. The summed E-state index contributed by atoms with van der Waals surface area (Å²) < 4.78 is 4.77. The number of ether oxygens (including phenoxy) is 1. The summed E-state index contributed by atoms with van der Waals surface area (Å²) in [4.78, 5) is 34.3. The van der Waals surface area contributed by atoms with Crippen LogP contribution in [0.4, 0.5) is 0 Å². The second-order valence-electron chi connectivity index (χ2n) is 7.07. The van der Waals surface area contributed by atoms with Crippen LogP contribution in [0.3, 0.4) is 0 Å². The third-order valence-corrected chi connectivity index (χ3v) is 4.98. The molecule has 7 heteroatoms. The summed E-state index contributed by atoms with van der Waals surface area (Å²) in [5.41, 5.74) is 0.443. The SMILES string of the molecule is COC(=O)c1cccc2nc(CN3CCNCC(C)CC3C)[nH]c(=O)c12.